The van der Waals surface area contributed by atoms with Crippen molar-refractivity contribution in [1.29, 1.82) is 0 Å². The van der Waals surface area contributed by atoms with Gasteiger partial charge >= 0.3 is 0 Å². The van der Waals surface area contributed by atoms with Gasteiger partial charge in [-0.2, -0.15) is 0 Å². The largest absolute Gasteiger partial charge is 0.497 e. The molecule has 2 aromatic rings. The fourth-order valence-corrected chi connectivity index (χ4v) is 2.40. The minimum Gasteiger partial charge on any atom is -0.497 e. The summed E-state index contributed by atoms with van der Waals surface area (Å²) in [6.45, 7) is 1.98. The van der Waals surface area contributed by atoms with E-state index >= 15 is 0 Å². The first-order chi connectivity index (χ1) is 10.1. The number of rotatable bonds is 6. The highest BCUT2D eigenvalue weighted by atomic mass is 35.5. The summed E-state index contributed by atoms with van der Waals surface area (Å²) in [7, 11) is 1.64. The Morgan fingerprint density at radius 2 is 1.81 bits per heavy atom. The van der Waals surface area contributed by atoms with Crippen molar-refractivity contribution in [1.82, 2.24) is 0 Å². The molecule has 0 amide bonds. The number of hydrogen-bond acceptors (Lipinski definition) is 3. The number of aliphatic hydroxyl groups excluding tert-OH is 1. The van der Waals surface area contributed by atoms with Crippen molar-refractivity contribution < 1.29 is 9.84 Å². The number of nitrogens with one attached hydrogen (secondary N) is 1. The molecule has 2 aromatic carbocycles. The van der Waals surface area contributed by atoms with Crippen LogP contribution in [-0.4, -0.2) is 24.4 Å². The maximum absolute atomic E-state index is 9.77. The number of methoxy groups -OCH3 is 1. The summed E-state index contributed by atoms with van der Waals surface area (Å²) in [5, 5.41) is 13.8. The summed E-state index contributed by atoms with van der Waals surface area (Å²) < 4.78 is 5.15. The second kappa shape index (κ2) is 6.83. The van der Waals surface area contributed by atoms with Gasteiger partial charge in [0.15, 0.2) is 0 Å². The first-order valence-corrected chi connectivity index (χ1v) is 7.20. The predicted molar refractivity (Wildman–Crippen MR) is 87.3 cm³/mol. The number of halogens is 1. The van der Waals surface area contributed by atoms with Gasteiger partial charge in [-0.15, -0.1) is 0 Å². The summed E-state index contributed by atoms with van der Waals surface area (Å²) in [4.78, 5) is 0. The maximum atomic E-state index is 9.77. The molecule has 0 heterocycles. The van der Waals surface area contributed by atoms with Crippen molar-refractivity contribution in [2.75, 3.05) is 19.0 Å². The number of benzene rings is 2. The molecule has 0 saturated carbocycles. The Labute approximate surface area is 130 Å². The predicted octanol–water partition coefficient (Wildman–Crippen LogP) is 3.75. The van der Waals surface area contributed by atoms with Gasteiger partial charge in [0, 0.05) is 0 Å². The molecule has 3 nitrogen and oxygen atoms in total. The van der Waals surface area contributed by atoms with Crippen LogP contribution in [0.1, 0.15) is 12.5 Å². The lowest BCUT2D eigenvalue weighted by molar-refractivity contribution is 0.222. The number of ether oxygens (including phenoxy) is 1. The van der Waals surface area contributed by atoms with Crippen molar-refractivity contribution in [2.45, 2.75) is 18.9 Å². The monoisotopic (exact) mass is 305 g/mol. The molecule has 0 spiro atoms. The van der Waals surface area contributed by atoms with Crippen LogP contribution in [0.15, 0.2) is 48.5 Å². The fraction of sp³-hybridized carbons (Fsp3) is 0.294. The molecule has 0 aliphatic rings. The lowest BCUT2D eigenvalue weighted by atomic mass is 9.93. The second-order valence-corrected chi connectivity index (χ2v) is 5.76. The zero-order valence-electron chi connectivity index (χ0n) is 12.3. The van der Waals surface area contributed by atoms with Crippen molar-refractivity contribution >= 4 is 17.3 Å². The van der Waals surface area contributed by atoms with Crippen molar-refractivity contribution in [3.63, 3.8) is 0 Å². The highest BCUT2D eigenvalue weighted by molar-refractivity contribution is 6.33. The SMILES string of the molecule is COc1ccc(CC(C)(CO)Nc2ccccc2Cl)cc1. The van der Waals surface area contributed by atoms with Gasteiger partial charge in [0.2, 0.25) is 0 Å². The van der Waals surface area contributed by atoms with Gasteiger partial charge in [0.05, 0.1) is 30.0 Å². The third kappa shape index (κ3) is 4.13. The van der Waals surface area contributed by atoms with Crippen LogP contribution in [0.4, 0.5) is 5.69 Å². The van der Waals surface area contributed by atoms with E-state index in [1.807, 2.05) is 55.5 Å². The zero-order valence-corrected chi connectivity index (χ0v) is 13.0. The van der Waals surface area contributed by atoms with Crippen molar-refractivity contribution in [3.05, 3.63) is 59.1 Å². The Bertz CT molecular complexity index is 586. The Hall–Kier alpha value is -1.71. The quantitative estimate of drug-likeness (QED) is 0.854. The van der Waals surface area contributed by atoms with Gasteiger partial charge < -0.3 is 15.2 Å². The van der Waals surface area contributed by atoms with Gasteiger partial charge in [0.1, 0.15) is 5.75 Å². The summed E-state index contributed by atoms with van der Waals surface area (Å²) in [5.74, 6) is 0.823. The molecule has 0 aliphatic carbocycles. The highest BCUT2D eigenvalue weighted by Crippen LogP contribution is 2.26. The van der Waals surface area contributed by atoms with E-state index in [0.717, 1.165) is 17.0 Å². The van der Waals surface area contributed by atoms with Gasteiger partial charge in [-0.3, -0.25) is 0 Å². The average molecular weight is 306 g/mol. The van der Waals surface area contributed by atoms with Gasteiger partial charge in [0.25, 0.3) is 0 Å². The third-order valence-corrected chi connectivity index (χ3v) is 3.74. The third-order valence-electron chi connectivity index (χ3n) is 3.41. The van der Waals surface area contributed by atoms with Crippen LogP contribution >= 0.6 is 11.6 Å². The van der Waals surface area contributed by atoms with E-state index in [0.29, 0.717) is 11.4 Å². The first-order valence-electron chi connectivity index (χ1n) is 6.83. The summed E-state index contributed by atoms with van der Waals surface area (Å²) in [6.07, 6.45) is 0.679. The van der Waals surface area contributed by atoms with E-state index in [2.05, 4.69) is 5.32 Å². The molecule has 2 rings (SSSR count). The van der Waals surface area contributed by atoms with Crippen LogP contribution < -0.4 is 10.1 Å². The molecule has 21 heavy (non-hydrogen) atoms. The molecule has 0 bridgehead atoms. The molecule has 0 saturated heterocycles. The second-order valence-electron chi connectivity index (χ2n) is 5.35. The summed E-state index contributed by atoms with van der Waals surface area (Å²) in [6, 6.07) is 15.4. The molecule has 0 radical (unpaired) electrons. The molecule has 0 fully saturated rings. The van der Waals surface area contributed by atoms with Crippen LogP contribution in [0.2, 0.25) is 5.02 Å². The normalized spacial score (nSPS) is 13.5. The fourth-order valence-electron chi connectivity index (χ4n) is 2.22. The van der Waals surface area contributed by atoms with Crippen LogP contribution in [0, 0.1) is 0 Å². The maximum Gasteiger partial charge on any atom is 0.118 e. The summed E-state index contributed by atoms with van der Waals surface area (Å²) >= 11 is 6.17. The van der Waals surface area contributed by atoms with E-state index in [1.165, 1.54) is 0 Å². The standard InChI is InChI=1S/C17H20ClNO2/c1-17(12-20,19-16-6-4-3-5-15(16)18)11-13-7-9-14(21-2)10-8-13/h3-10,19-20H,11-12H2,1-2H3. The Kier molecular flexibility index (Phi) is 5.10. The average Bonchev–Trinajstić information content (AvgIpc) is 2.50. The van der Waals surface area contributed by atoms with Gasteiger partial charge in [-0.25, -0.2) is 0 Å². The Balaban J connectivity index is 2.14. The molecule has 4 heteroatoms. The zero-order chi connectivity index (χ0) is 15.3. The molecule has 1 unspecified atom stereocenters. The minimum absolute atomic E-state index is 0.00422. The van der Waals surface area contributed by atoms with E-state index in [-0.39, 0.29) is 6.61 Å². The van der Waals surface area contributed by atoms with Crippen molar-refractivity contribution in [2.24, 2.45) is 0 Å². The minimum atomic E-state index is -0.487. The number of hydrogen-bond donors (Lipinski definition) is 2. The van der Waals surface area contributed by atoms with E-state index in [4.69, 9.17) is 16.3 Å². The van der Waals surface area contributed by atoms with E-state index in [1.54, 1.807) is 7.11 Å². The van der Waals surface area contributed by atoms with Gasteiger partial charge in [-0.1, -0.05) is 35.9 Å². The number of aliphatic hydroxyl groups is 1. The Morgan fingerprint density at radius 3 is 2.38 bits per heavy atom. The smallest absolute Gasteiger partial charge is 0.118 e. The molecule has 2 N–H and O–H groups in total. The summed E-state index contributed by atoms with van der Waals surface area (Å²) in [5.41, 5.74) is 1.45. The number of anilines is 1. The van der Waals surface area contributed by atoms with E-state index in [9.17, 15) is 5.11 Å². The molecular formula is C17H20ClNO2. The Morgan fingerprint density at radius 1 is 1.14 bits per heavy atom. The first kappa shape index (κ1) is 15.7. The molecule has 112 valence electrons. The lowest BCUT2D eigenvalue weighted by Gasteiger charge is -2.30. The molecule has 0 aromatic heterocycles. The van der Waals surface area contributed by atoms with Gasteiger partial charge in [-0.05, 0) is 43.2 Å². The van der Waals surface area contributed by atoms with Crippen molar-refractivity contribution in [3.8, 4) is 5.75 Å². The molecule has 1 atom stereocenters. The van der Waals surface area contributed by atoms with Crippen LogP contribution in [0.3, 0.4) is 0 Å². The topological polar surface area (TPSA) is 41.5 Å². The van der Waals surface area contributed by atoms with Crippen LogP contribution in [0.25, 0.3) is 0 Å². The van der Waals surface area contributed by atoms with Crippen LogP contribution in [-0.2, 0) is 6.42 Å². The number of para-hydroxylation sites is 1. The lowest BCUT2D eigenvalue weighted by Crippen LogP contribution is -2.41. The van der Waals surface area contributed by atoms with Crippen LogP contribution in [0.5, 0.6) is 5.75 Å². The molecule has 0 aliphatic heterocycles. The van der Waals surface area contributed by atoms with E-state index < -0.39 is 5.54 Å². The molecular weight excluding hydrogens is 286 g/mol. The highest BCUT2D eigenvalue weighted by Gasteiger charge is 2.24.